The molecule has 0 unspecified atom stereocenters. The number of carbonyl (C=O) groups excluding carboxylic acids is 2. The fourth-order valence-electron chi connectivity index (χ4n) is 2.79. The number of pyridine rings is 1. The maximum atomic E-state index is 12.2. The molecule has 0 aliphatic carbocycles. The second kappa shape index (κ2) is 5.26. The van der Waals surface area contributed by atoms with E-state index in [0.29, 0.717) is 11.3 Å². The van der Waals surface area contributed by atoms with Gasteiger partial charge in [-0.2, -0.15) is 0 Å². The highest BCUT2D eigenvalue weighted by atomic mass is 16.5. The number of ketones is 1. The minimum atomic E-state index is -0.512. The van der Waals surface area contributed by atoms with Crippen LogP contribution in [0.15, 0.2) is 30.5 Å². The third-order valence-electron chi connectivity index (χ3n) is 3.94. The molecule has 5 nitrogen and oxygen atoms in total. The van der Waals surface area contributed by atoms with Crippen molar-refractivity contribution in [1.29, 1.82) is 0 Å². The molecule has 5 heteroatoms. The van der Waals surface area contributed by atoms with Crippen LogP contribution in [0.4, 0.5) is 5.69 Å². The monoisotopic (exact) mass is 296 g/mol. The zero-order valence-corrected chi connectivity index (χ0v) is 12.7. The van der Waals surface area contributed by atoms with Crippen LogP contribution in [0.3, 0.4) is 0 Å². The Labute approximate surface area is 128 Å². The molecule has 3 rings (SSSR count). The van der Waals surface area contributed by atoms with Gasteiger partial charge in [-0.15, -0.1) is 0 Å². The Hall–Kier alpha value is -2.69. The van der Waals surface area contributed by atoms with Crippen molar-refractivity contribution in [3.05, 3.63) is 52.8 Å². The summed E-state index contributed by atoms with van der Waals surface area (Å²) >= 11 is 0. The highest BCUT2D eigenvalue weighted by Gasteiger charge is 2.35. The van der Waals surface area contributed by atoms with Gasteiger partial charge < -0.3 is 4.74 Å². The number of Topliss-reactive ketones (excluding diaryl/α,β-unsaturated/α-hetero) is 1. The number of fused-ring (bicyclic) bond motifs is 1. The number of aromatic nitrogens is 1. The summed E-state index contributed by atoms with van der Waals surface area (Å²) in [7, 11) is 1.61. The van der Waals surface area contributed by atoms with E-state index in [4.69, 9.17) is 4.74 Å². The molecule has 0 saturated carbocycles. The third-order valence-corrected chi connectivity index (χ3v) is 3.94. The van der Waals surface area contributed by atoms with Gasteiger partial charge in [-0.3, -0.25) is 19.5 Å². The Balaban J connectivity index is 2.01. The molecule has 22 heavy (non-hydrogen) atoms. The lowest BCUT2D eigenvalue weighted by Gasteiger charge is -2.19. The van der Waals surface area contributed by atoms with E-state index in [2.05, 4.69) is 4.98 Å². The second-order valence-electron chi connectivity index (χ2n) is 5.28. The molecule has 1 aromatic heterocycles. The summed E-state index contributed by atoms with van der Waals surface area (Å²) < 4.78 is 5.39. The number of hydrogen-bond acceptors (Lipinski definition) is 4. The van der Waals surface area contributed by atoms with Crippen LogP contribution in [-0.2, 0) is 11.3 Å². The lowest BCUT2D eigenvalue weighted by molar-refractivity contribution is -0.114. The molecule has 2 heterocycles. The SMILES string of the molecule is COc1c(C)cnc(CN2C(=O)C(=O)c3ccccc32)c1C. The van der Waals surface area contributed by atoms with Crippen molar-refractivity contribution in [1.82, 2.24) is 4.98 Å². The first-order valence-electron chi connectivity index (χ1n) is 6.99. The number of carbonyl (C=O) groups is 2. The molecule has 1 amide bonds. The first-order valence-corrected chi connectivity index (χ1v) is 6.99. The number of aryl methyl sites for hydroxylation is 1. The van der Waals surface area contributed by atoms with Crippen molar-refractivity contribution < 1.29 is 14.3 Å². The average Bonchev–Trinajstić information content (AvgIpc) is 2.76. The van der Waals surface area contributed by atoms with Crippen LogP contribution in [-0.4, -0.2) is 23.8 Å². The maximum absolute atomic E-state index is 12.2. The van der Waals surface area contributed by atoms with Crippen molar-refractivity contribution in [3.63, 3.8) is 0 Å². The number of hydrogen-bond donors (Lipinski definition) is 0. The van der Waals surface area contributed by atoms with Gasteiger partial charge in [0.2, 0.25) is 0 Å². The molecule has 0 bridgehead atoms. The zero-order valence-electron chi connectivity index (χ0n) is 12.7. The van der Waals surface area contributed by atoms with E-state index in [1.165, 1.54) is 4.90 Å². The number of anilines is 1. The molecule has 0 spiro atoms. The largest absolute Gasteiger partial charge is 0.496 e. The molecule has 0 fully saturated rings. The normalized spacial score (nSPS) is 13.5. The Morgan fingerprint density at radius 3 is 2.64 bits per heavy atom. The van der Waals surface area contributed by atoms with Gasteiger partial charge in [-0.05, 0) is 26.0 Å². The molecule has 112 valence electrons. The number of ether oxygens (including phenoxy) is 1. The van der Waals surface area contributed by atoms with Gasteiger partial charge in [0, 0.05) is 17.3 Å². The van der Waals surface area contributed by atoms with Crippen LogP contribution in [0.5, 0.6) is 5.75 Å². The van der Waals surface area contributed by atoms with E-state index in [0.717, 1.165) is 22.6 Å². The summed E-state index contributed by atoms with van der Waals surface area (Å²) in [6, 6.07) is 7.02. The Morgan fingerprint density at radius 1 is 1.18 bits per heavy atom. The zero-order chi connectivity index (χ0) is 15.9. The Morgan fingerprint density at radius 2 is 1.91 bits per heavy atom. The van der Waals surface area contributed by atoms with Crippen LogP contribution >= 0.6 is 0 Å². The highest BCUT2D eigenvalue weighted by molar-refractivity contribution is 6.52. The van der Waals surface area contributed by atoms with Crippen LogP contribution in [0, 0.1) is 13.8 Å². The summed E-state index contributed by atoms with van der Waals surface area (Å²) in [5.41, 5.74) is 3.63. The van der Waals surface area contributed by atoms with Gasteiger partial charge in [0.25, 0.3) is 11.7 Å². The van der Waals surface area contributed by atoms with E-state index in [-0.39, 0.29) is 6.54 Å². The predicted molar refractivity (Wildman–Crippen MR) is 82.2 cm³/mol. The molecule has 0 saturated heterocycles. The second-order valence-corrected chi connectivity index (χ2v) is 5.28. The molecule has 1 aliphatic heterocycles. The molecule has 0 atom stereocenters. The quantitative estimate of drug-likeness (QED) is 0.816. The Bertz CT molecular complexity index is 783. The summed E-state index contributed by atoms with van der Waals surface area (Å²) in [6.07, 6.45) is 1.72. The minimum Gasteiger partial charge on any atom is -0.496 e. The van der Waals surface area contributed by atoms with Gasteiger partial charge in [0.05, 0.1) is 30.6 Å². The summed E-state index contributed by atoms with van der Waals surface area (Å²) in [6.45, 7) is 4.08. The minimum absolute atomic E-state index is 0.254. The van der Waals surface area contributed by atoms with E-state index in [9.17, 15) is 9.59 Å². The average molecular weight is 296 g/mol. The molecule has 1 aromatic carbocycles. The standard InChI is InChI=1S/C17H16N2O3/c1-10-8-18-13(11(2)16(10)22-3)9-19-14-7-5-4-6-12(14)15(20)17(19)21/h4-8H,9H2,1-3H3. The van der Waals surface area contributed by atoms with Crippen LogP contribution < -0.4 is 9.64 Å². The predicted octanol–water partition coefficient (Wildman–Crippen LogP) is 2.44. The Kier molecular flexibility index (Phi) is 3.41. The third kappa shape index (κ3) is 2.06. The maximum Gasteiger partial charge on any atom is 0.299 e. The summed E-state index contributed by atoms with van der Waals surface area (Å²) in [5.74, 6) is -0.217. The lowest BCUT2D eigenvalue weighted by Crippen LogP contribution is -2.30. The number of benzene rings is 1. The fraction of sp³-hybridized carbons (Fsp3) is 0.235. The van der Waals surface area contributed by atoms with E-state index >= 15 is 0 Å². The summed E-state index contributed by atoms with van der Waals surface area (Å²) in [4.78, 5) is 30.1. The van der Waals surface area contributed by atoms with Crippen molar-refractivity contribution in [3.8, 4) is 5.75 Å². The first-order chi connectivity index (χ1) is 10.5. The number of para-hydroxylation sites is 1. The lowest BCUT2D eigenvalue weighted by atomic mass is 10.1. The van der Waals surface area contributed by atoms with Gasteiger partial charge in [0.1, 0.15) is 5.75 Å². The highest BCUT2D eigenvalue weighted by Crippen LogP contribution is 2.31. The van der Waals surface area contributed by atoms with Crippen molar-refractivity contribution >= 4 is 17.4 Å². The van der Waals surface area contributed by atoms with Crippen molar-refractivity contribution in [2.75, 3.05) is 12.0 Å². The number of nitrogens with zero attached hydrogens (tertiary/aromatic N) is 2. The van der Waals surface area contributed by atoms with E-state index in [1.807, 2.05) is 19.9 Å². The van der Waals surface area contributed by atoms with Crippen LogP contribution in [0.2, 0.25) is 0 Å². The van der Waals surface area contributed by atoms with Gasteiger partial charge >= 0.3 is 0 Å². The molecular formula is C17H16N2O3. The molecule has 0 N–H and O–H groups in total. The fourth-order valence-corrected chi connectivity index (χ4v) is 2.79. The first kappa shape index (κ1) is 14.3. The molecule has 1 aliphatic rings. The van der Waals surface area contributed by atoms with Crippen molar-refractivity contribution in [2.45, 2.75) is 20.4 Å². The van der Waals surface area contributed by atoms with E-state index in [1.54, 1.807) is 31.5 Å². The van der Waals surface area contributed by atoms with Crippen LogP contribution in [0.1, 0.15) is 27.2 Å². The number of methoxy groups -OCH3 is 1. The van der Waals surface area contributed by atoms with Gasteiger partial charge in [0.15, 0.2) is 0 Å². The molecule has 0 radical (unpaired) electrons. The molecule has 2 aromatic rings. The smallest absolute Gasteiger partial charge is 0.299 e. The summed E-state index contributed by atoms with van der Waals surface area (Å²) in [5, 5.41) is 0. The molecular weight excluding hydrogens is 280 g/mol. The van der Waals surface area contributed by atoms with E-state index < -0.39 is 11.7 Å². The topological polar surface area (TPSA) is 59.5 Å². The number of amides is 1. The van der Waals surface area contributed by atoms with Gasteiger partial charge in [-0.25, -0.2) is 0 Å². The number of rotatable bonds is 3. The van der Waals surface area contributed by atoms with Crippen LogP contribution in [0.25, 0.3) is 0 Å². The van der Waals surface area contributed by atoms with Gasteiger partial charge in [-0.1, -0.05) is 12.1 Å². The van der Waals surface area contributed by atoms with Crippen molar-refractivity contribution in [2.24, 2.45) is 0 Å².